The minimum Gasteiger partial charge on any atom is -0.507 e. The summed E-state index contributed by atoms with van der Waals surface area (Å²) in [7, 11) is 4.00. The number of aromatic hydroxyl groups is 1. The average Bonchev–Trinajstić information content (AvgIpc) is 3.19. The lowest BCUT2D eigenvalue weighted by molar-refractivity contribution is 0.219. The van der Waals surface area contributed by atoms with Crippen molar-refractivity contribution in [2.45, 2.75) is 50.2 Å². The van der Waals surface area contributed by atoms with Gasteiger partial charge in [0.1, 0.15) is 5.75 Å². The van der Waals surface area contributed by atoms with Crippen LogP contribution in [-0.4, -0.2) is 50.3 Å². The Morgan fingerprint density at radius 2 is 1.87 bits per heavy atom. The first-order valence-electron chi connectivity index (χ1n) is 10.7. The summed E-state index contributed by atoms with van der Waals surface area (Å²) in [6, 6.07) is 11.3. The molecule has 2 saturated heterocycles. The molecule has 30 heavy (non-hydrogen) atoms. The van der Waals surface area contributed by atoms with Crippen LogP contribution in [0.25, 0.3) is 22.4 Å². The van der Waals surface area contributed by atoms with Gasteiger partial charge in [-0.3, -0.25) is 4.68 Å². The summed E-state index contributed by atoms with van der Waals surface area (Å²) in [4.78, 5) is 2.27. The Bertz CT molecular complexity index is 1020. The molecule has 7 heteroatoms. The fourth-order valence-electron chi connectivity index (χ4n) is 4.89. The van der Waals surface area contributed by atoms with Gasteiger partial charge in [0.15, 0.2) is 5.82 Å². The lowest BCUT2D eigenvalue weighted by atomic mass is 9.83. The third-order valence-corrected chi connectivity index (χ3v) is 6.56. The maximum atomic E-state index is 10.6. The molecule has 0 spiro atoms. The van der Waals surface area contributed by atoms with Crippen molar-refractivity contribution in [2.24, 2.45) is 7.05 Å². The average molecular weight is 405 g/mol. The summed E-state index contributed by atoms with van der Waals surface area (Å²) in [5, 5.41) is 27.4. The van der Waals surface area contributed by atoms with Crippen LogP contribution in [0.4, 0.5) is 5.82 Å². The van der Waals surface area contributed by atoms with E-state index in [4.69, 9.17) is 0 Å². The van der Waals surface area contributed by atoms with E-state index in [9.17, 15) is 5.11 Å². The first-order valence-corrected chi connectivity index (χ1v) is 10.7. The van der Waals surface area contributed by atoms with Gasteiger partial charge in [-0.1, -0.05) is 12.5 Å². The number of nitrogens with one attached hydrogen (secondary N) is 1. The molecule has 1 aromatic carbocycles. The molecule has 2 fully saturated rings. The van der Waals surface area contributed by atoms with E-state index in [1.165, 1.54) is 19.3 Å². The van der Waals surface area contributed by atoms with Crippen molar-refractivity contribution in [3.63, 3.8) is 0 Å². The van der Waals surface area contributed by atoms with Crippen LogP contribution in [0.15, 0.2) is 42.7 Å². The van der Waals surface area contributed by atoms with Crippen LogP contribution in [0.3, 0.4) is 0 Å². The Morgan fingerprint density at radius 3 is 2.50 bits per heavy atom. The van der Waals surface area contributed by atoms with Crippen LogP contribution < -0.4 is 10.2 Å². The summed E-state index contributed by atoms with van der Waals surface area (Å²) < 4.78 is 1.75. The second-order valence-electron chi connectivity index (χ2n) is 8.64. The predicted octanol–water partition coefficient (Wildman–Crippen LogP) is 3.36. The highest BCUT2D eigenvalue weighted by Crippen LogP contribution is 2.33. The molecule has 0 radical (unpaired) electrons. The third kappa shape index (κ3) is 3.65. The number of fused-ring (bicyclic) bond motifs is 2. The quantitative estimate of drug-likeness (QED) is 0.694. The van der Waals surface area contributed by atoms with E-state index in [-0.39, 0.29) is 5.75 Å². The molecule has 2 aliphatic rings. The molecule has 2 bridgehead atoms. The molecule has 2 aliphatic heterocycles. The van der Waals surface area contributed by atoms with Gasteiger partial charge in [-0.15, -0.1) is 10.2 Å². The van der Waals surface area contributed by atoms with Crippen molar-refractivity contribution in [1.29, 1.82) is 0 Å². The Hall–Kier alpha value is -2.93. The van der Waals surface area contributed by atoms with Crippen LogP contribution in [0.2, 0.25) is 0 Å². The number of aryl methyl sites for hydroxylation is 1. The topological polar surface area (TPSA) is 79.1 Å². The highest BCUT2D eigenvalue weighted by atomic mass is 16.3. The maximum absolute atomic E-state index is 10.6. The molecule has 0 unspecified atom stereocenters. The fourth-order valence-corrected chi connectivity index (χ4v) is 4.89. The lowest BCUT2D eigenvalue weighted by Crippen LogP contribution is -2.54. The molecule has 0 saturated carbocycles. The van der Waals surface area contributed by atoms with E-state index in [0.29, 0.717) is 29.4 Å². The first kappa shape index (κ1) is 19.1. The van der Waals surface area contributed by atoms with Crippen LogP contribution in [0, 0.1) is 0 Å². The maximum Gasteiger partial charge on any atom is 0.151 e. The van der Waals surface area contributed by atoms with E-state index in [1.54, 1.807) is 16.9 Å². The summed E-state index contributed by atoms with van der Waals surface area (Å²) in [6.07, 6.45) is 9.93. The van der Waals surface area contributed by atoms with Crippen LogP contribution >= 0.6 is 0 Å². The molecule has 156 valence electrons. The van der Waals surface area contributed by atoms with Crippen molar-refractivity contribution in [3.8, 4) is 28.1 Å². The standard InChI is InChI=1S/C23H28N6O/c1-28-14-16(13-24-28)15-6-7-20(22(30)10-15)21-8-9-23(27-26-21)29(2)19-11-17-4-3-5-18(12-19)25-17/h6-10,13-14,17-19,25,30H,3-5,11-12H2,1-2H3/t17-,18+,19-. The number of anilines is 1. The zero-order valence-electron chi connectivity index (χ0n) is 17.5. The van der Waals surface area contributed by atoms with E-state index < -0.39 is 0 Å². The smallest absolute Gasteiger partial charge is 0.151 e. The van der Waals surface area contributed by atoms with Crippen molar-refractivity contribution in [1.82, 2.24) is 25.3 Å². The van der Waals surface area contributed by atoms with Gasteiger partial charge >= 0.3 is 0 Å². The second kappa shape index (κ2) is 7.72. The Labute approximate surface area is 176 Å². The normalized spacial score (nSPS) is 23.3. The molecule has 3 aromatic rings. The van der Waals surface area contributed by atoms with Gasteiger partial charge in [0.2, 0.25) is 0 Å². The van der Waals surface area contributed by atoms with Crippen LogP contribution in [0.5, 0.6) is 5.75 Å². The minimum absolute atomic E-state index is 0.193. The summed E-state index contributed by atoms with van der Waals surface area (Å²) >= 11 is 0. The molecular weight excluding hydrogens is 376 g/mol. The number of nitrogens with zero attached hydrogens (tertiary/aromatic N) is 5. The fraction of sp³-hybridized carbons (Fsp3) is 0.435. The Balaban J connectivity index is 1.33. The molecule has 5 rings (SSSR count). The molecule has 4 heterocycles. The Kier molecular flexibility index (Phi) is 4.90. The summed E-state index contributed by atoms with van der Waals surface area (Å²) in [6.45, 7) is 0. The third-order valence-electron chi connectivity index (χ3n) is 6.56. The van der Waals surface area contributed by atoms with Gasteiger partial charge in [-0.25, -0.2) is 0 Å². The first-order chi connectivity index (χ1) is 14.6. The summed E-state index contributed by atoms with van der Waals surface area (Å²) in [5.41, 5.74) is 3.24. The zero-order chi connectivity index (χ0) is 20.7. The van der Waals surface area contributed by atoms with Crippen molar-refractivity contribution < 1.29 is 5.11 Å². The van der Waals surface area contributed by atoms with Gasteiger partial charge in [0.05, 0.1) is 11.9 Å². The molecule has 2 N–H and O–H groups in total. The zero-order valence-corrected chi connectivity index (χ0v) is 17.5. The highest BCUT2D eigenvalue weighted by Gasteiger charge is 2.33. The van der Waals surface area contributed by atoms with Gasteiger partial charge < -0.3 is 15.3 Å². The summed E-state index contributed by atoms with van der Waals surface area (Å²) in [5.74, 6) is 1.08. The minimum atomic E-state index is 0.193. The van der Waals surface area contributed by atoms with E-state index in [1.807, 2.05) is 37.5 Å². The molecule has 0 amide bonds. The monoisotopic (exact) mass is 404 g/mol. The van der Waals surface area contributed by atoms with E-state index >= 15 is 0 Å². The molecular formula is C23H28N6O. The molecule has 2 aromatic heterocycles. The van der Waals surface area contributed by atoms with Gasteiger partial charge in [-0.2, -0.15) is 5.10 Å². The van der Waals surface area contributed by atoms with Crippen molar-refractivity contribution in [2.75, 3.05) is 11.9 Å². The Morgan fingerprint density at radius 1 is 1.07 bits per heavy atom. The number of piperidine rings is 2. The SMILES string of the molecule is CN(c1ccc(-c2ccc(-c3cnn(C)c3)cc2O)nn1)[C@@H]1C[C@H]2CCC[C@@H](C1)N2. The number of aromatic nitrogens is 4. The largest absolute Gasteiger partial charge is 0.507 e. The van der Waals surface area contributed by atoms with Crippen molar-refractivity contribution >= 4 is 5.82 Å². The van der Waals surface area contributed by atoms with E-state index in [2.05, 4.69) is 32.6 Å². The number of phenols is 1. The van der Waals surface area contributed by atoms with Gasteiger partial charge in [0.25, 0.3) is 0 Å². The number of rotatable bonds is 4. The second-order valence-corrected chi connectivity index (χ2v) is 8.64. The van der Waals surface area contributed by atoms with Gasteiger partial charge in [-0.05, 0) is 55.5 Å². The lowest BCUT2D eigenvalue weighted by Gasteiger charge is -2.43. The number of benzene rings is 1. The highest BCUT2D eigenvalue weighted by molar-refractivity contribution is 5.73. The number of hydrogen-bond donors (Lipinski definition) is 2. The molecule has 3 atom stereocenters. The molecule has 7 nitrogen and oxygen atoms in total. The number of phenolic OH excluding ortho intramolecular Hbond substituents is 1. The van der Waals surface area contributed by atoms with Crippen molar-refractivity contribution in [3.05, 3.63) is 42.7 Å². The van der Waals surface area contributed by atoms with Gasteiger partial charge in [0, 0.05) is 49.5 Å². The van der Waals surface area contributed by atoms with E-state index in [0.717, 1.165) is 29.8 Å². The molecule has 0 aliphatic carbocycles. The predicted molar refractivity (Wildman–Crippen MR) is 117 cm³/mol. The van der Waals surface area contributed by atoms with Crippen LogP contribution in [0.1, 0.15) is 32.1 Å². The number of hydrogen-bond acceptors (Lipinski definition) is 6. The van der Waals surface area contributed by atoms with Crippen LogP contribution in [-0.2, 0) is 7.05 Å².